The topological polar surface area (TPSA) is 12.5 Å². The van der Waals surface area contributed by atoms with Crippen LogP contribution in [0.25, 0.3) is 0 Å². The standard InChI is InChI=1S/C12H22FNO/c1-11(13)3-7-14-6-2-4-12(9-14)5-8-15-10-12/h11H,2-10H2,1H3/t11-,12+/m0/s1. The first-order valence-electron chi connectivity index (χ1n) is 6.14. The summed E-state index contributed by atoms with van der Waals surface area (Å²) in [6, 6.07) is 0. The Kier molecular flexibility index (Phi) is 3.62. The molecule has 2 aliphatic rings. The zero-order chi connectivity index (χ0) is 10.7. The van der Waals surface area contributed by atoms with E-state index in [0.29, 0.717) is 11.8 Å². The molecule has 0 bridgehead atoms. The molecule has 2 fully saturated rings. The Bertz CT molecular complexity index is 202. The minimum atomic E-state index is -0.664. The molecule has 2 atom stereocenters. The van der Waals surface area contributed by atoms with Gasteiger partial charge in [0.15, 0.2) is 0 Å². The molecule has 2 nitrogen and oxygen atoms in total. The number of halogens is 1. The smallest absolute Gasteiger partial charge is 0.0985 e. The second-order valence-corrected chi connectivity index (χ2v) is 5.25. The van der Waals surface area contributed by atoms with Gasteiger partial charge >= 0.3 is 0 Å². The summed E-state index contributed by atoms with van der Waals surface area (Å²) >= 11 is 0. The molecule has 0 aromatic rings. The summed E-state index contributed by atoms with van der Waals surface area (Å²) in [5, 5.41) is 0. The van der Waals surface area contributed by atoms with Crippen molar-refractivity contribution >= 4 is 0 Å². The molecule has 0 N–H and O–H groups in total. The lowest BCUT2D eigenvalue weighted by Crippen LogP contribution is -2.44. The van der Waals surface area contributed by atoms with E-state index >= 15 is 0 Å². The van der Waals surface area contributed by atoms with Crippen molar-refractivity contribution in [2.24, 2.45) is 5.41 Å². The second kappa shape index (κ2) is 4.79. The van der Waals surface area contributed by atoms with Gasteiger partial charge in [-0.1, -0.05) is 0 Å². The van der Waals surface area contributed by atoms with Crippen LogP contribution in [-0.4, -0.2) is 43.9 Å². The molecular formula is C12H22FNO. The van der Waals surface area contributed by atoms with Crippen LogP contribution in [0.15, 0.2) is 0 Å². The molecule has 1 spiro atoms. The highest BCUT2D eigenvalue weighted by Crippen LogP contribution is 2.37. The van der Waals surface area contributed by atoms with Crippen LogP contribution in [0.3, 0.4) is 0 Å². The first-order valence-corrected chi connectivity index (χ1v) is 6.14. The molecule has 0 aromatic carbocycles. The van der Waals surface area contributed by atoms with Crippen molar-refractivity contribution < 1.29 is 9.13 Å². The highest BCUT2D eigenvalue weighted by molar-refractivity contribution is 4.89. The first kappa shape index (κ1) is 11.3. The highest BCUT2D eigenvalue weighted by atomic mass is 19.1. The lowest BCUT2D eigenvalue weighted by molar-refractivity contribution is 0.0644. The SMILES string of the molecule is C[C@H](F)CCN1CCC[C@@]2(CCOC2)C1. The highest BCUT2D eigenvalue weighted by Gasteiger charge is 2.38. The zero-order valence-corrected chi connectivity index (χ0v) is 9.67. The normalized spacial score (nSPS) is 34.8. The number of alkyl halides is 1. The number of piperidine rings is 1. The van der Waals surface area contributed by atoms with E-state index < -0.39 is 6.17 Å². The molecule has 3 heteroatoms. The monoisotopic (exact) mass is 215 g/mol. The van der Waals surface area contributed by atoms with Gasteiger partial charge < -0.3 is 9.64 Å². The molecule has 0 aliphatic carbocycles. The Labute approximate surface area is 91.8 Å². The van der Waals surface area contributed by atoms with Crippen LogP contribution in [-0.2, 0) is 4.74 Å². The largest absolute Gasteiger partial charge is 0.381 e. The van der Waals surface area contributed by atoms with Gasteiger partial charge in [-0.25, -0.2) is 4.39 Å². The van der Waals surface area contributed by atoms with Crippen molar-refractivity contribution in [3.05, 3.63) is 0 Å². The van der Waals surface area contributed by atoms with Gasteiger partial charge in [-0.3, -0.25) is 0 Å². The summed E-state index contributed by atoms with van der Waals surface area (Å²) in [5.74, 6) is 0. The number of hydrogen-bond acceptors (Lipinski definition) is 2. The molecule has 0 radical (unpaired) electrons. The van der Waals surface area contributed by atoms with Gasteiger partial charge in [-0.2, -0.15) is 0 Å². The lowest BCUT2D eigenvalue weighted by atomic mass is 9.79. The van der Waals surface area contributed by atoms with E-state index in [2.05, 4.69) is 4.90 Å². The van der Waals surface area contributed by atoms with E-state index in [1.807, 2.05) is 0 Å². The van der Waals surface area contributed by atoms with Gasteiger partial charge in [0, 0.05) is 25.1 Å². The van der Waals surface area contributed by atoms with Gasteiger partial charge in [-0.15, -0.1) is 0 Å². The third-order valence-corrected chi connectivity index (χ3v) is 3.77. The number of likely N-dealkylation sites (tertiary alicyclic amines) is 1. The molecule has 2 aliphatic heterocycles. The van der Waals surface area contributed by atoms with Crippen molar-refractivity contribution in [3.63, 3.8) is 0 Å². The summed E-state index contributed by atoms with van der Waals surface area (Å²) in [5.41, 5.74) is 0.414. The molecular weight excluding hydrogens is 193 g/mol. The van der Waals surface area contributed by atoms with Gasteiger partial charge in [0.2, 0.25) is 0 Å². The van der Waals surface area contributed by atoms with Gasteiger partial charge in [0.25, 0.3) is 0 Å². The fraction of sp³-hybridized carbons (Fsp3) is 1.00. The molecule has 0 amide bonds. The van der Waals surface area contributed by atoms with Crippen molar-refractivity contribution in [1.82, 2.24) is 4.90 Å². The minimum Gasteiger partial charge on any atom is -0.381 e. The quantitative estimate of drug-likeness (QED) is 0.716. The lowest BCUT2D eigenvalue weighted by Gasteiger charge is -2.39. The molecule has 15 heavy (non-hydrogen) atoms. The van der Waals surface area contributed by atoms with Gasteiger partial charge in [0.1, 0.15) is 0 Å². The first-order chi connectivity index (χ1) is 7.20. The van der Waals surface area contributed by atoms with Crippen LogP contribution in [0, 0.1) is 5.41 Å². The molecule has 2 saturated heterocycles. The maximum absolute atomic E-state index is 12.8. The summed E-state index contributed by atoms with van der Waals surface area (Å²) in [6.45, 7) is 6.69. The number of hydrogen-bond donors (Lipinski definition) is 0. The van der Waals surface area contributed by atoms with Crippen LogP contribution in [0.5, 0.6) is 0 Å². The van der Waals surface area contributed by atoms with Crippen LogP contribution < -0.4 is 0 Å². The molecule has 0 unspecified atom stereocenters. The Morgan fingerprint density at radius 3 is 3.00 bits per heavy atom. The molecule has 0 saturated carbocycles. The average Bonchev–Trinajstić information content (AvgIpc) is 2.63. The van der Waals surface area contributed by atoms with Crippen molar-refractivity contribution in [2.75, 3.05) is 32.8 Å². The maximum Gasteiger partial charge on any atom is 0.0985 e. The second-order valence-electron chi connectivity index (χ2n) is 5.25. The van der Waals surface area contributed by atoms with Gasteiger partial charge in [0.05, 0.1) is 12.8 Å². The van der Waals surface area contributed by atoms with Crippen molar-refractivity contribution in [1.29, 1.82) is 0 Å². The van der Waals surface area contributed by atoms with Crippen molar-refractivity contribution in [3.8, 4) is 0 Å². The van der Waals surface area contributed by atoms with Gasteiger partial charge in [-0.05, 0) is 39.2 Å². The van der Waals surface area contributed by atoms with E-state index in [0.717, 1.165) is 32.8 Å². The summed E-state index contributed by atoms with van der Waals surface area (Å²) in [6.07, 6.45) is 3.77. The molecule has 2 heterocycles. The van der Waals surface area contributed by atoms with Crippen LogP contribution in [0.4, 0.5) is 4.39 Å². The predicted molar refractivity (Wildman–Crippen MR) is 58.7 cm³/mol. The van der Waals surface area contributed by atoms with E-state index in [1.165, 1.54) is 19.3 Å². The zero-order valence-electron chi connectivity index (χ0n) is 9.67. The molecule has 88 valence electrons. The number of ether oxygens (including phenoxy) is 1. The van der Waals surface area contributed by atoms with Crippen LogP contribution in [0.2, 0.25) is 0 Å². The summed E-state index contributed by atoms with van der Waals surface area (Å²) in [4.78, 5) is 2.42. The Morgan fingerprint density at radius 2 is 2.33 bits per heavy atom. The number of rotatable bonds is 3. The fourth-order valence-corrected chi connectivity index (χ4v) is 2.83. The summed E-state index contributed by atoms with van der Waals surface area (Å²) < 4.78 is 18.3. The third-order valence-electron chi connectivity index (χ3n) is 3.77. The molecule has 2 rings (SSSR count). The fourth-order valence-electron chi connectivity index (χ4n) is 2.83. The predicted octanol–water partition coefficient (Wildman–Crippen LogP) is 2.24. The van der Waals surface area contributed by atoms with Crippen molar-refractivity contribution in [2.45, 2.75) is 38.8 Å². The number of nitrogens with zero attached hydrogens (tertiary/aromatic N) is 1. The minimum absolute atomic E-state index is 0.414. The third kappa shape index (κ3) is 2.91. The van der Waals surface area contributed by atoms with E-state index in [-0.39, 0.29) is 0 Å². The van der Waals surface area contributed by atoms with E-state index in [9.17, 15) is 4.39 Å². The van der Waals surface area contributed by atoms with Crippen LogP contribution in [0.1, 0.15) is 32.6 Å². The average molecular weight is 215 g/mol. The van der Waals surface area contributed by atoms with E-state index in [4.69, 9.17) is 4.74 Å². The Morgan fingerprint density at radius 1 is 1.47 bits per heavy atom. The van der Waals surface area contributed by atoms with Crippen LogP contribution >= 0.6 is 0 Å². The Balaban J connectivity index is 1.81. The Hall–Kier alpha value is -0.150. The summed E-state index contributed by atoms with van der Waals surface area (Å²) in [7, 11) is 0. The molecule has 0 aromatic heterocycles. The maximum atomic E-state index is 12.8. The van der Waals surface area contributed by atoms with E-state index in [1.54, 1.807) is 6.92 Å².